The summed E-state index contributed by atoms with van der Waals surface area (Å²) < 4.78 is 1.60. The smallest absolute Gasteiger partial charge is 0.253 e. The zero-order valence-electron chi connectivity index (χ0n) is 16.7. The Morgan fingerprint density at radius 3 is 2.77 bits per heavy atom. The number of nitrogens with one attached hydrogen (secondary N) is 1. The van der Waals surface area contributed by atoms with Gasteiger partial charge >= 0.3 is 0 Å². The number of aryl methyl sites for hydroxylation is 1. The zero-order chi connectivity index (χ0) is 20.5. The molecule has 1 aliphatic rings. The zero-order valence-corrected chi connectivity index (χ0v) is 16.7. The molecule has 1 saturated heterocycles. The number of nitrogens with zero attached hydrogens (tertiary/aromatic N) is 7. The van der Waals surface area contributed by atoms with Crippen molar-refractivity contribution in [3.05, 3.63) is 59.9 Å². The number of hydrogen-bond acceptors (Lipinski definition) is 6. The lowest BCUT2D eigenvalue weighted by molar-refractivity contribution is 0.0767. The van der Waals surface area contributed by atoms with Crippen LogP contribution >= 0.6 is 0 Å². The number of rotatable bonds is 3. The first-order valence-electron chi connectivity index (χ1n) is 10.0. The van der Waals surface area contributed by atoms with Crippen LogP contribution in [0.3, 0.4) is 0 Å². The van der Waals surface area contributed by atoms with Gasteiger partial charge in [-0.2, -0.15) is 0 Å². The summed E-state index contributed by atoms with van der Waals surface area (Å²) in [6.45, 7) is 4.95. The van der Waals surface area contributed by atoms with E-state index in [0.29, 0.717) is 12.1 Å². The van der Waals surface area contributed by atoms with Gasteiger partial charge in [-0.25, -0.2) is 9.67 Å². The highest BCUT2D eigenvalue weighted by Gasteiger charge is 2.22. The minimum absolute atomic E-state index is 0.0489. The molecule has 0 saturated carbocycles. The summed E-state index contributed by atoms with van der Waals surface area (Å²) in [5, 5.41) is 11.3. The number of amides is 1. The van der Waals surface area contributed by atoms with E-state index in [4.69, 9.17) is 4.98 Å². The Hall–Kier alpha value is -3.75. The Balaban J connectivity index is 1.30. The van der Waals surface area contributed by atoms with Crippen molar-refractivity contribution in [1.82, 2.24) is 35.1 Å². The number of para-hydroxylation sites is 2. The van der Waals surface area contributed by atoms with Gasteiger partial charge in [0.25, 0.3) is 5.91 Å². The molecule has 0 aliphatic carbocycles. The minimum atomic E-state index is 0.0489. The molecule has 3 heterocycles. The first-order chi connectivity index (χ1) is 14.7. The number of imidazole rings is 1. The number of carbonyl (C=O) groups excluding carboxylic acids is 1. The van der Waals surface area contributed by atoms with Crippen molar-refractivity contribution >= 4 is 22.9 Å². The summed E-state index contributed by atoms with van der Waals surface area (Å²) in [5.41, 5.74) is 4.49. The number of anilines is 1. The minimum Gasteiger partial charge on any atom is -0.341 e. The van der Waals surface area contributed by atoms with Crippen LogP contribution in [-0.4, -0.2) is 67.2 Å². The molecule has 2 aromatic carbocycles. The number of tetrazole rings is 1. The van der Waals surface area contributed by atoms with Crippen molar-refractivity contribution in [2.45, 2.75) is 13.3 Å². The van der Waals surface area contributed by atoms with E-state index in [2.05, 4.69) is 25.4 Å². The molecular formula is C21H22N8O. The molecular weight excluding hydrogens is 380 g/mol. The molecule has 5 rings (SSSR count). The second-order valence-electron chi connectivity index (χ2n) is 7.47. The Morgan fingerprint density at radius 2 is 1.97 bits per heavy atom. The van der Waals surface area contributed by atoms with Crippen LogP contribution in [0.4, 0.5) is 5.95 Å². The van der Waals surface area contributed by atoms with Gasteiger partial charge in [0.1, 0.15) is 6.33 Å². The van der Waals surface area contributed by atoms with Crippen LogP contribution in [0, 0.1) is 6.92 Å². The summed E-state index contributed by atoms with van der Waals surface area (Å²) in [6, 6.07) is 13.7. The number of aromatic amines is 1. The third-order valence-electron chi connectivity index (χ3n) is 5.50. The molecule has 1 fully saturated rings. The predicted molar refractivity (Wildman–Crippen MR) is 113 cm³/mol. The van der Waals surface area contributed by atoms with E-state index in [1.165, 1.54) is 0 Å². The lowest BCUT2D eigenvalue weighted by atomic mass is 10.1. The summed E-state index contributed by atoms with van der Waals surface area (Å²) in [5.74, 6) is 0.917. The Bertz CT molecular complexity index is 1150. The fraction of sp³-hybridized carbons (Fsp3) is 0.286. The summed E-state index contributed by atoms with van der Waals surface area (Å²) >= 11 is 0. The van der Waals surface area contributed by atoms with Crippen LogP contribution in [0.25, 0.3) is 16.7 Å². The van der Waals surface area contributed by atoms with Crippen LogP contribution in [-0.2, 0) is 0 Å². The number of hydrogen-bond donors (Lipinski definition) is 1. The average Bonchev–Trinajstić information content (AvgIpc) is 3.38. The highest BCUT2D eigenvalue weighted by atomic mass is 16.2. The molecule has 1 amide bonds. The molecule has 1 aliphatic heterocycles. The van der Waals surface area contributed by atoms with E-state index in [9.17, 15) is 4.79 Å². The topological polar surface area (TPSA) is 95.8 Å². The second kappa shape index (κ2) is 7.58. The van der Waals surface area contributed by atoms with Crippen LogP contribution in [0.1, 0.15) is 22.3 Å². The molecule has 9 nitrogen and oxygen atoms in total. The quantitative estimate of drug-likeness (QED) is 0.564. The third-order valence-corrected chi connectivity index (χ3v) is 5.50. The lowest BCUT2D eigenvalue weighted by Crippen LogP contribution is -2.35. The van der Waals surface area contributed by atoms with Gasteiger partial charge in [-0.3, -0.25) is 4.79 Å². The van der Waals surface area contributed by atoms with Crippen molar-refractivity contribution in [3.8, 4) is 5.69 Å². The highest BCUT2D eigenvalue weighted by molar-refractivity contribution is 5.94. The Labute approximate surface area is 173 Å². The van der Waals surface area contributed by atoms with Gasteiger partial charge in [0.05, 0.1) is 16.7 Å². The average molecular weight is 402 g/mol. The number of carbonyl (C=O) groups is 1. The molecule has 0 bridgehead atoms. The fourth-order valence-corrected chi connectivity index (χ4v) is 3.92. The predicted octanol–water partition coefficient (Wildman–Crippen LogP) is 2.20. The highest BCUT2D eigenvalue weighted by Crippen LogP contribution is 2.20. The summed E-state index contributed by atoms with van der Waals surface area (Å²) in [4.78, 5) is 25.4. The first-order valence-corrected chi connectivity index (χ1v) is 10.0. The largest absolute Gasteiger partial charge is 0.341 e. The lowest BCUT2D eigenvalue weighted by Gasteiger charge is -2.22. The molecule has 9 heteroatoms. The van der Waals surface area contributed by atoms with E-state index in [0.717, 1.165) is 54.3 Å². The number of aromatic nitrogens is 6. The maximum atomic E-state index is 13.1. The van der Waals surface area contributed by atoms with Crippen LogP contribution in [0.15, 0.2) is 48.8 Å². The van der Waals surface area contributed by atoms with Gasteiger partial charge in [0.15, 0.2) is 0 Å². The van der Waals surface area contributed by atoms with Crippen molar-refractivity contribution in [3.63, 3.8) is 0 Å². The maximum Gasteiger partial charge on any atom is 0.253 e. The van der Waals surface area contributed by atoms with Crippen molar-refractivity contribution in [2.24, 2.45) is 0 Å². The second-order valence-corrected chi connectivity index (χ2v) is 7.47. The van der Waals surface area contributed by atoms with E-state index >= 15 is 0 Å². The van der Waals surface area contributed by atoms with Crippen molar-refractivity contribution in [2.75, 3.05) is 31.1 Å². The van der Waals surface area contributed by atoms with E-state index in [-0.39, 0.29) is 5.91 Å². The van der Waals surface area contributed by atoms with Gasteiger partial charge in [-0.05, 0) is 59.7 Å². The monoisotopic (exact) mass is 402 g/mol. The molecule has 1 N–H and O–H groups in total. The number of fused-ring (bicyclic) bond motifs is 1. The number of H-pyrrole nitrogens is 1. The van der Waals surface area contributed by atoms with Crippen LogP contribution in [0.5, 0.6) is 0 Å². The normalized spacial score (nSPS) is 14.8. The van der Waals surface area contributed by atoms with Gasteiger partial charge in [0.2, 0.25) is 5.95 Å². The third kappa shape index (κ3) is 3.38. The van der Waals surface area contributed by atoms with E-state index < -0.39 is 0 Å². The maximum absolute atomic E-state index is 13.1. The molecule has 30 heavy (non-hydrogen) atoms. The van der Waals surface area contributed by atoms with Crippen LogP contribution in [0.2, 0.25) is 0 Å². The summed E-state index contributed by atoms with van der Waals surface area (Å²) in [7, 11) is 0. The Morgan fingerprint density at radius 1 is 1.07 bits per heavy atom. The fourth-order valence-electron chi connectivity index (χ4n) is 3.92. The molecule has 0 unspecified atom stereocenters. The van der Waals surface area contributed by atoms with Gasteiger partial charge in [-0.1, -0.05) is 12.1 Å². The van der Waals surface area contributed by atoms with Gasteiger partial charge in [0, 0.05) is 31.7 Å². The van der Waals surface area contributed by atoms with Crippen molar-refractivity contribution in [1.29, 1.82) is 0 Å². The molecule has 0 atom stereocenters. The first kappa shape index (κ1) is 18.3. The van der Waals surface area contributed by atoms with E-state index in [1.54, 1.807) is 11.0 Å². The molecule has 4 aromatic rings. The molecule has 0 radical (unpaired) electrons. The Kier molecular flexibility index (Phi) is 4.62. The van der Waals surface area contributed by atoms with E-state index in [1.807, 2.05) is 54.3 Å². The van der Waals surface area contributed by atoms with Gasteiger partial charge in [-0.15, -0.1) is 5.10 Å². The molecule has 2 aromatic heterocycles. The number of benzene rings is 2. The van der Waals surface area contributed by atoms with Gasteiger partial charge < -0.3 is 14.8 Å². The molecule has 152 valence electrons. The van der Waals surface area contributed by atoms with Crippen molar-refractivity contribution < 1.29 is 4.79 Å². The molecule has 0 spiro atoms. The summed E-state index contributed by atoms with van der Waals surface area (Å²) in [6.07, 6.45) is 2.44. The SMILES string of the molecule is Cc1cc(C(=O)N2CCCN(c3nc4ccccc4[nH]3)CC2)ccc1-n1cnnn1. The standard InChI is InChI=1S/C21H22N8O/c1-15-13-16(7-8-19(15)29-14-22-25-26-29)20(30)27-9-4-10-28(12-11-27)21-23-17-5-2-3-6-18(17)24-21/h2-3,5-8,13-14H,4,9-12H2,1H3,(H,23,24). The van der Waals surface area contributed by atoms with Crippen LogP contribution < -0.4 is 4.90 Å².